The molecule has 1 aromatic rings. The maximum atomic E-state index is 6.02. The summed E-state index contributed by atoms with van der Waals surface area (Å²) in [5.41, 5.74) is 6.99. The normalized spacial score (nSPS) is 12.8. The van der Waals surface area contributed by atoms with Crippen LogP contribution in [0.1, 0.15) is 24.9 Å². The van der Waals surface area contributed by atoms with Gasteiger partial charge < -0.3 is 10.5 Å². The Morgan fingerprint density at radius 2 is 2.27 bits per heavy atom. The SMILES string of the molecule is CCCOCC(N)c1ccc(I)c(Cl)c1. The van der Waals surface area contributed by atoms with Gasteiger partial charge in [-0.2, -0.15) is 0 Å². The zero-order valence-corrected chi connectivity index (χ0v) is 11.6. The molecule has 0 fully saturated rings. The summed E-state index contributed by atoms with van der Waals surface area (Å²) < 4.78 is 6.44. The van der Waals surface area contributed by atoms with Gasteiger partial charge in [0.25, 0.3) is 0 Å². The molecule has 1 unspecified atom stereocenters. The zero-order chi connectivity index (χ0) is 11.3. The number of hydrogen-bond acceptors (Lipinski definition) is 2. The lowest BCUT2D eigenvalue weighted by Crippen LogP contribution is -2.17. The van der Waals surface area contributed by atoms with Gasteiger partial charge in [-0.1, -0.05) is 24.6 Å². The fraction of sp³-hybridized carbons (Fsp3) is 0.455. The minimum absolute atomic E-state index is 0.0916. The highest BCUT2D eigenvalue weighted by atomic mass is 127. The second kappa shape index (κ2) is 6.68. The van der Waals surface area contributed by atoms with E-state index in [1.54, 1.807) is 0 Å². The highest BCUT2D eigenvalue weighted by Crippen LogP contribution is 2.22. The van der Waals surface area contributed by atoms with Crippen LogP contribution in [0.2, 0.25) is 5.02 Å². The molecular formula is C11H15ClINO. The molecule has 0 bridgehead atoms. The second-order valence-electron chi connectivity index (χ2n) is 3.35. The number of ether oxygens (including phenoxy) is 1. The first-order valence-corrected chi connectivity index (χ1v) is 6.39. The summed E-state index contributed by atoms with van der Waals surface area (Å²) >= 11 is 8.21. The van der Waals surface area contributed by atoms with Gasteiger partial charge in [0.05, 0.1) is 17.7 Å². The summed E-state index contributed by atoms with van der Waals surface area (Å²) in [5, 5.41) is 0.749. The molecule has 0 aliphatic carbocycles. The van der Waals surface area contributed by atoms with Crippen LogP contribution in [0.5, 0.6) is 0 Å². The molecule has 1 atom stereocenters. The largest absolute Gasteiger partial charge is 0.379 e. The predicted molar refractivity (Wildman–Crippen MR) is 72.2 cm³/mol. The number of hydrogen-bond donors (Lipinski definition) is 1. The van der Waals surface area contributed by atoms with Gasteiger partial charge in [0.1, 0.15) is 0 Å². The molecule has 2 nitrogen and oxygen atoms in total. The van der Waals surface area contributed by atoms with Crippen LogP contribution in [0, 0.1) is 3.57 Å². The van der Waals surface area contributed by atoms with Crippen molar-refractivity contribution in [3.63, 3.8) is 0 Å². The van der Waals surface area contributed by atoms with E-state index in [0.29, 0.717) is 6.61 Å². The molecule has 84 valence electrons. The molecule has 0 radical (unpaired) electrons. The Labute approximate surface area is 109 Å². The van der Waals surface area contributed by atoms with Crippen molar-refractivity contribution < 1.29 is 4.74 Å². The van der Waals surface area contributed by atoms with Gasteiger partial charge in [-0.3, -0.25) is 0 Å². The molecular weight excluding hydrogens is 324 g/mol. The van der Waals surface area contributed by atoms with Gasteiger partial charge in [-0.15, -0.1) is 0 Å². The highest BCUT2D eigenvalue weighted by molar-refractivity contribution is 14.1. The summed E-state index contributed by atoms with van der Waals surface area (Å²) in [4.78, 5) is 0. The molecule has 1 rings (SSSR count). The maximum Gasteiger partial charge on any atom is 0.0659 e. The first-order valence-electron chi connectivity index (χ1n) is 4.93. The summed E-state index contributed by atoms with van der Waals surface area (Å²) in [6.07, 6.45) is 1.01. The fourth-order valence-corrected chi connectivity index (χ4v) is 1.72. The Morgan fingerprint density at radius 1 is 1.53 bits per heavy atom. The van der Waals surface area contributed by atoms with E-state index in [4.69, 9.17) is 22.1 Å². The predicted octanol–water partition coefficient (Wildman–Crippen LogP) is 3.37. The molecule has 0 amide bonds. The molecule has 0 spiro atoms. The van der Waals surface area contributed by atoms with Crippen LogP contribution < -0.4 is 5.73 Å². The smallest absolute Gasteiger partial charge is 0.0659 e. The molecule has 0 aliphatic rings. The monoisotopic (exact) mass is 339 g/mol. The first-order chi connectivity index (χ1) is 7.15. The zero-order valence-electron chi connectivity index (χ0n) is 8.67. The van der Waals surface area contributed by atoms with Crippen LogP contribution in [0.4, 0.5) is 0 Å². The van der Waals surface area contributed by atoms with Gasteiger partial charge in [0.2, 0.25) is 0 Å². The van der Waals surface area contributed by atoms with Crippen LogP contribution in [0.3, 0.4) is 0 Å². The number of nitrogens with two attached hydrogens (primary N) is 1. The number of halogens is 2. The molecule has 15 heavy (non-hydrogen) atoms. The standard InChI is InChI=1S/C11H15ClINO/c1-2-5-15-7-11(14)8-3-4-10(13)9(12)6-8/h3-4,6,11H,2,5,7,14H2,1H3. The fourth-order valence-electron chi connectivity index (χ4n) is 1.19. The summed E-state index contributed by atoms with van der Waals surface area (Å²) in [5.74, 6) is 0. The lowest BCUT2D eigenvalue weighted by Gasteiger charge is -2.12. The Kier molecular flexibility index (Phi) is 5.89. The molecule has 0 heterocycles. The minimum atomic E-state index is -0.0916. The van der Waals surface area contributed by atoms with E-state index < -0.39 is 0 Å². The van der Waals surface area contributed by atoms with Crippen molar-refractivity contribution in [1.29, 1.82) is 0 Å². The van der Waals surface area contributed by atoms with E-state index in [1.807, 2.05) is 18.2 Å². The van der Waals surface area contributed by atoms with Gasteiger partial charge in [-0.25, -0.2) is 0 Å². The molecule has 1 aromatic carbocycles. The van der Waals surface area contributed by atoms with E-state index in [2.05, 4.69) is 29.5 Å². The lowest BCUT2D eigenvalue weighted by atomic mass is 10.1. The average molecular weight is 340 g/mol. The summed E-state index contributed by atoms with van der Waals surface area (Å²) in [7, 11) is 0. The molecule has 0 saturated carbocycles. The van der Waals surface area contributed by atoms with Crippen molar-refractivity contribution in [3.8, 4) is 0 Å². The molecule has 2 N–H and O–H groups in total. The number of benzene rings is 1. The van der Waals surface area contributed by atoms with Crippen LogP contribution in [0.15, 0.2) is 18.2 Å². The molecule has 0 aliphatic heterocycles. The molecule has 0 saturated heterocycles. The van der Waals surface area contributed by atoms with Gasteiger partial charge in [-0.05, 0) is 46.7 Å². The quantitative estimate of drug-likeness (QED) is 0.659. The van der Waals surface area contributed by atoms with Crippen LogP contribution >= 0.6 is 34.2 Å². The van der Waals surface area contributed by atoms with Crippen molar-refractivity contribution in [3.05, 3.63) is 32.4 Å². The van der Waals surface area contributed by atoms with E-state index in [9.17, 15) is 0 Å². The average Bonchev–Trinajstić information content (AvgIpc) is 2.22. The Bertz CT molecular complexity index is 319. The Hall–Kier alpha value is 0.160. The second-order valence-corrected chi connectivity index (χ2v) is 4.92. The van der Waals surface area contributed by atoms with E-state index in [-0.39, 0.29) is 6.04 Å². The van der Waals surface area contributed by atoms with Crippen molar-refractivity contribution in [2.24, 2.45) is 5.73 Å². The van der Waals surface area contributed by atoms with E-state index in [0.717, 1.165) is 27.2 Å². The van der Waals surface area contributed by atoms with Gasteiger partial charge in [0.15, 0.2) is 0 Å². The topological polar surface area (TPSA) is 35.2 Å². The highest BCUT2D eigenvalue weighted by Gasteiger charge is 2.07. The van der Waals surface area contributed by atoms with Gasteiger partial charge in [0, 0.05) is 10.2 Å². The van der Waals surface area contributed by atoms with E-state index in [1.165, 1.54) is 0 Å². The van der Waals surface area contributed by atoms with Crippen LogP contribution in [0.25, 0.3) is 0 Å². The molecule has 4 heteroatoms. The maximum absolute atomic E-state index is 6.02. The Balaban J connectivity index is 2.57. The Morgan fingerprint density at radius 3 is 2.87 bits per heavy atom. The third-order valence-corrected chi connectivity index (χ3v) is 3.59. The van der Waals surface area contributed by atoms with Crippen molar-refractivity contribution in [2.45, 2.75) is 19.4 Å². The summed E-state index contributed by atoms with van der Waals surface area (Å²) in [6, 6.07) is 5.78. The van der Waals surface area contributed by atoms with Crippen LogP contribution in [-0.2, 0) is 4.74 Å². The third-order valence-electron chi connectivity index (χ3n) is 2.02. The van der Waals surface area contributed by atoms with Gasteiger partial charge >= 0.3 is 0 Å². The van der Waals surface area contributed by atoms with Crippen LogP contribution in [-0.4, -0.2) is 13.2 Å². The van der Waals surface area contributed by atoms with Crippen molar-refractivity contribution in [2.75, 3.05) is 13.2 Å². The van der Waals surface area contributed by atoms with E-state index >= 15 is 0 Å². The molecule has 0 aromatic heterocycles. The first kappa shape index (κ1) is 13.2. The number of rotatable bonds is 5. The third kappa shape index (κ3) is 4.26. The lowest BCUT2D eigenvalue weighted by molar-refractivity contribution is 0.121. The summed E-state index contributed by atoms with van der Waals surface area (Å²) in [6.45, 7) is 3.38. The minimum Gasteiger partial charge on any atom is -0.379 e. The van der Waals surface area contributed by atoms with Crippen molar-refractivity contribution >= 4 is 34.2 Å². The van der Waals surface area contributed by atoms with Crippen molar-refractivity contribution in [1.82, 2.24) is 0 Å².